The summed E-state index contributed by atoms with van der Waals surface area (Å²) in [6.45, 7) is 6.60. The number of nitrogens with one attached hydrogen (secondary N) is 1. The fourth-order valence-corrected chi connectivity index (χ4v) is 4.65. The Morgan fingerprint density at radius 3 is 2.43 bits per heavy atom. The fraction of sp³-hybridized carbons (Fsp3) is 0.281. The lowest BCUT2D eigenvalue weighted by Gasteiger charge is -2.16. The van der Waals surface area contributed by atoms with Gasteiger partial charge < -0.3 is 10.1 Å². The van der Waals surface area contributed by atoms with Crippen LogP contribution in [-0.4, -0.2) is 30.3 Å². The van der Waals surface area contributed by atoms with Crippen molar-refractivity contribution in [1.29, 1.82) is 0 Å². The molecule has 4 aromatic rings. The molecule has 1 aromatic heterocycles. The zero-order valence-electron chi connectivity index (χ0n) is 22.1. The summed E-state index contributed by atoms with van der Waals surface area (Å²) >= 11 is 0. The van der Waals surface area contributed by atoms with Crippen LogP contribution in [0.25, 0.3) is 22.0 Å². The summed E-state index contributed by atoms with van der Waals surface area (Å²) in [5, 5.41) is 3.92. The lowest BCUT2D eigenvalue weighted by molar-refractivity contribution is 0.0950. The minimum Gasteiger partial charge on any atom is -0.496 e. The molecule has 3 aromatic carbocycles. The second-order valence-electron chi connectivity index (χ2n) is 9.30. The molecule has 1 N–H and O–H groups in total. The number of ketones is 1. The number of aryl methyl sites for hydroxylation is 1. The summed E-state index contributed by atoms with van der Waals surface area (Å²) in [4.78, 5) is 30.2. The molecule has 0 atom stereocenters. The van der Waals surface area contributed by atoms with Crippen molar-refractivity contribution in [3.63, 3.8) is 0 Å². The van der Waals surface area contributed by atoms with E-state index < -0.39 is 0 Å². The van der Waals surface area contributed by atoms with Gasteiger partial charge in [0, 0.05) is 47.3 Å². The molecule has 1 amide bonds. The van der Waals surface area contributed by atoms with E-state index in [0.29, 0.717) is 36.3 Å². The second kappa shape index (κ2) is 11.8. The molecule has 0 aliphatic rings. The van der Waals surface area contributed by atoms with Crippen LogP contribution >= 0.6 is 0 Å². The third kappa shape index (κ3) is 5.72. The summed E-state index contributed by atoms with van der Waals surface area (Å²) in [7, 11) is 1.65. The summed E-state index contributed by atoms with van der Waals surface area (Å²) in [5.41, 5.74) is 6.94. The van der Waals surface area contributed by atoms with Crippen molar-refractivity contribution in [2.75, 3.05) is 13.7 Å². The number of ether oxygens (including phenoxy) is 1. The number of carbonyl (C=O) groups excluding carboxylic acids is 2. The maximum atomic E-state index is 12.9. The molecule has 0 fully saturated rings. The number of hydrogen-bond acceptors (Lipinski definition) is 4. The van der Waals surface area contributed by atoms with Crippen LogP contribution in [0.15, 0.2) is 66.9 Å². The molecule has 5 nitrogen and oxygen atoms in total. The van der Waals surface area contributed by atoms with Crippen molar-refractivity contribution in [3.8, 4) is 16.9 Å². The summed E-state index contributed by atoms with van der Waals surface area (Å²) < 4.78 is 5.76. The molecule has 190 valence electrons. The Morgan fingerprint density at radius 1 is 0.973 bits per heavy atom. The lowest BCUT2D eigenvalue weighted by Crippen LogP contribution is -2.25. The monoisotopic (exact) mass is 494 g/mol. The minimum atomic E-state index is -0.0555. The van der Waals surface area contributed by atoms with Gasteiger partial charge >= 0.3 is 0 Å². The highest BCUT2D eigenvalue weighted by Crippen LogP contribution is 2.37. The van der Waals surface area contributed by atoms with E-state index in [1.54, 1.807) is 13.3 Å². The molecule has 0 aliphatic carbocycles. The topological polar surface area (TPSA) is 68.3 Å². The largest absolute Gasteiger partial charge is 0.496 e. The van der Waals surface area contributed by atoms with Crippen molar-refractivity contribution >= 4 is 22.6 Å². The normalized spacial score (nSPS) is 10.9. The first kappa shape index (κ1) is 26.1. The number of nitrogens with zero attached hydrogens (tertiary/aromatic N) is 1. The molecule has 0 aliphatic heterocycles. The molecule has 0 unspecified atom stereocenters. The van der Waals surface area contributed by atoms with Gasteiger partial charge in [0.2, 0.25) is 0 Å². The van der Waals surface area contributed by atoms with Crippen LogP contribution in [0.4, 0.5) is 0 Å². The standard InChI is InChI=1S/C32H34N2O3/c1-5-7-15-33-32(36)24-14-13-23(16-21(24)3)25-18-27-26(17-22-11-9-8-10-12-22)28(30(35)6-2)20-34-29(27)19-31(25)37-4/h8-14,16,18-20H,5-7,15,17H2,1-4H3,(H,33,36). The van der Waals surface area contributed by atoms with Crippen LogP contribution < -0.4 is 10.1 Å². The van der Waals surface area contributed by atoms with Crippen LogP contribution in [0.5, 0.6) is 5.75 Å². The van der Waals surface area contributed by atoms with Crippen molar-refractivity contribution in [1.82, 2.24) is 10.3 Å². The number of Topliss-reactive ketones (excluding diaryl/α,β-unsaturated/α-hetero) is 1. The maximum Gasteiger partial charge on any atom is 0.251 e. The van der Waals surface area contributed by atoms with Crippen LogP contribution in [0.3, 0.4) is 0 Å². The van der Waals surface area contributed by atoms with Crippen LogP contribution in [0.1, 0.15) is 70.5 Å². The van der Waals surface area contributed by atoms with Crippen LogP contribution in [0.2, 0.25) is 0 Å². The van der Waals surface area contributed by atoms with Crippen molar-refractivity contribution in [2.24, 2.45) is 0 Å². The molecule has 5 heteroatoms. The Bertz CT molecular complexity index is 1430. The van der Waals surface area contributed by atoms with E-state index in [-0.39, 0.29) is 11.7 Å². The van der Waals surface area contributed by atoms with Gasteiger partial charge in [-0.2, -0.15) is 0 Å². The summed E-state index contributed by atoms with van der Waals surface area (Å²) in [6.07, 6.45) is 4.73. The smallest absolute Gasteiger partial charge is 0.251 e. The number of carbonyl (C=O) groups is 2. The van der Waals surface area contributed by atoms with Crippen LogP contribution in [0, 0.1) is 6.92 Å². The Kier molecular flexibility index (Phi) is 8.34. The van der Waals surface area contributed by atoms with Crippen molar-refractivity contribution in [3.05, 3.63) is 94.7 Å². The Balaban J connectivity index is 1.84. The third-order valence-corrected chi connectivity index (χ3v) is 6.74. The van der Waals surface area contributed by atoms with E-state index in [2.05, 4.69) is 35.4 Å². The van der Waals surface area contributed by atoms with E-state index in [1.807, 2.05) is 56.3 Å². The maximum absolute atomic E-state index is 12.9. The van der Waals surface area contributed by atoms with Crippen LogP contribution in [-0.2, 0) is 6.42 Å². The van der Waals surface area contributed by atoms with Gasteiger partial charge in [0.05, 0.1) is 12.6 Å². The van der Waals surface area contributed by atoms with Gasteiger partial charge in [0.1, 0.15) is 5.75 Å². The highest BCUT2D eigenvalue weighted by Gasteiger charge is 2.19. The number of rotatable bonds is 10. The summed E-state index contributed by atoms with van der Waals surface area (Å²) in [5.74, 6) is 0.715. The quantitative estimate of drug-likeness (QED) is 0.192. The number of fused-ring (bicyclic) bond motifs is 1. The van der Waals surface area contributed by atoms with E-state index in [0.717, 1.165) is 51.6 Å². The number of amides is 1. The molecule has 0 saturated heterocycles. The molecule has 1 heterocycles. The van der Waals surface area contributed by atoms with E-state index in [9.17, 15) is 9.59 Å². The molecule has 0 bridgehead atoms. The Morgan fingerprint density at radius 2 is 1.76 bits per heavy atom. The van der Waals surface area contributed by atoms with Crippen molar-refractivity contribution in [2.45, 2.75) is 46.5 Å². The van der Waals surface area contributed by atoms with Gasteiger partial charge in [0.15, 0.2) is 5.78 Å². The molecule has 0 spiro atoms. The van der Waals surface area contributed by atoms with E-state index >= 15 is 0 Å². The zero-order valence-corrected chi connectivity index (χ0v) is 22.1. The summed E-state index contributed by atoms with van der Waals surface area (Å²) in [6, 6.07) is 20.0. The highest BCUT2D eigenvalue weighted by molar-refractivity contribution is 6.03. The molecular weight excluding hydrogens is 460 g/mol. The third-order valence-electron chi connectivity index (χ3n) is 6.74. The molecule has 37 heavy (non-hydrogen) atoms. The second-order valence-corrected chi connectivity index (χ2v) is 9.30. The lowest BCUT2D eigenvalue weighted by atomic mass is 9.91. The first-order chi connectivity index (χ1) is 18.0. The van der Waals surface area contributed by atoms with Gasteiger partial charge in [0.25, 0.3) is 5.91 Å². The fourth-order valence-electron chi connectivity index (χ4n) is 4.65. The zero-order chi connectivity index (χ0) is 26.4. The molecular formula is C32H34N2O3. The Labute approximate surface area is 218 Å². The SMILES string of the molecule is CCCCNC(=O)c1ccc(-c2cc3c(Cc4ccccc4)c(C(=O)CC)cnc3cc2OC)cc1C. The van der Waals surface area contributed by atoms with Gasteiger partial charge in [-0.05, 0) is 54.2 Å². The van der Waals surface area contributed by atoms with Crippen molar-refractivity contribution < 1.29 is 14.3 Å². The highest BCUT2D eigenvalue weighted by atomic mass is 16.5. The predicted octanol–water partition coefficient (Wildman–Crippen LogP) is 6.93. The number of hydrogen-bond donors (Lipinski definition) is 1. The molecule has 0 saturated carbocycles. The van der Waals surface area contributed by atoms with Gasteiger partial charge in [-0.1, -0.05) is 62.7 Å². The number of unbranched alkanes of at least 4 members (excludes halogenated alkanes) is 1. The molecule has 4 rings (SSSR count). The van der Waals surface area contributed by atoms with E-state index in [1.165, 1.54) is 0 Å². The average molecular weight is 495 g/mol. The Hall–Kier alpha value is -3.99. The number of aromatic nitrogens is 1. The minimum absolute atomic E-state index is 0.0555. The molecule has 0 radical (unpaired) electrons. The predicted molar refractivity (Wildman–Crippen MR) is 150 cm³/mol. The van der Waals surface area contributed by atoms with E-state index in [4.69, 9.17) is 4.74 Å². The number of methoxy groups -OCH3 is 1. The first-order valence-corrected chi connectivity index (χ1v) is 12.9. The average Bonchev–Trinajstić information content (AvgIpc) is 2.92. The van der Waals surface area contributed by atoms with Gasteiger partial charge in [-0.25, -0.2) is 0 Å². The van der Waals surface area contributed by atoms with Gasteiger partial charge in [-0.15, -0.1) is 0 Å². The van der Waals surface area contributed by atoms with Gasteiger partial charge in [-0.3, -0.25) is 14.6 Å². The first-order valence-electron chi connectivity index (χ1n) is 12.9. The number of benzene rings is 3. The number of pyridine rings is 1.